The first-order chi connectivity index (χ1) is 9.83. The molecule has 0 bridgehead atoms. The Morgan fingerprint density at radius 1 is 1.30 bits per heavy atom. The quantitative estimate of drug-likeness (QED) is 0.619. The van der Waals surface area contributed by atoms with Crippen LogP contribution in [0.2, 0.25) is 0 Å². The van der Waals surface area contributed by atoms with E-state index in [0.717, 1.165) is 6.42 Å². The highest BCUT2D eigenvalue weighted by atomic mass is 16.5. The van der Waals surface area contributed by atoms with Gasteiger partial charge < -0.3 is 4.74 Å². The van der Waals surface area contributed by atoms with E-state index in [-0.39, 0.29) is 12.1 Å². The predicted molar refractivity (Wildman–Crippen MR) is 81.4 cm³/mol. The second-order valence-corrected chi connectivity index (χ2v) is 6.33. The molecule has 1 aromatic carbocycles. The van der Waals surface area contributed by atoms with Gasteiger partial charge in [0.15, 0.2) is 0 Å². The molecule has 20 heavy (non-hydrogen) atoms. The zero-order chi connectivity index (χ0) is 13.9. The Morgan fingerprint density at radius 2 is 2.10 bits per heavy atom. The molecule has 3 atom stereocenters. The summed E-state index contributed by atoms with van der Waals surface area (Å²) < 4.78 is 5.71. The lowest BCUT2D eigenvalue weighted by atomic mass is 9.78. The Labute approximate surface area is 121 Å². The number of fused-ring (bicyclic) bond motifs is 1. The lowest BCUT2D eigenvalue weighted by molar-refractivity contribution is 0.0455. The van der Waals surface area contributed by atoms with Crippen molar-refractivity contribution in [3.63, 3.8) is 0 Å². The van der Waals surface area contributed by atoms with Crippen molar-refractivity contribution in [2.24, 2.45) is 11.8 Å². The highest BCUT2D eigenvalue weighted by molar-refractivity contribution is 5.32. The minimum absolute atomic E-state index is 0.267. The van der Waals surface area contributed by atoms with Gasteiger partial charge in [-0.1, -0.05) is 24.3 Å². The molecule has 3 rings (SSSR count). The van der Waals surface area contributed by atoms with Crippen molar-refractivity contribution >= 4 is 0 Å². The smallest absolute Gasteiger partial charge is 0.0765 e. The van der Waals surface area contributed by atoms with E-state index in [0.29, 0.717) is 11.8 Å². The summed E-state index contributed by atoms with van der Waals surface area (Å²) in [5.74, 6) is 7.15. The molecule has 0 radical (unpaired) electrons. The van der Waals surface area contributed by atoms with Crippen molar-refractivity contribution in [3.8, 4) is 0 Å². The van der Waals surface area contributed by atoms with Gasteiger partial charge in [-0.05, 0) is 61.5 Å². The molecule has 3 heteroatoms. The van der Waals surface area contributed by atoms with Gasteiger partial charge in [0.2, 0.25) is 0 Å². The molecule has 0 spiro atoms. The van der Waals surface area contributed by atoms with Crippen molar-refractivity contribution in [2.45, 2.75) is 56.6 Å². The number of benzene rings is 1. The summed E-state index contributed by atoms with van der Waals surface area (Å²) in [7, 11) is 1.82. The molecule has 2 aliphatic rings. The second kappa shape index (κ2) is 6.25. The van der Waals surface area contributed by atoms with Gasteiger partial charge in [-0.2, -0.15) is 0 Å². The van der Waals surface area contributed by atoms with Crippen LogP contribution < -0.4 is 11.3 Å². The SMILES string of the molecule is COC(C1CC1)C(CC1CCCc2ccccc21)NN. The summed E-state index contributed by atoms with van der Waals surface area (Å²) >= 11 is 0. The Bertz CT molecular complexity index is 444. The van der Waals surface area contributed by atoms with Crippen molar-refractivity contribution in [1.29, 1.82) is 0 Å². The molecular formula is C17H26N2O. The first-order valence-electron chi connectivity index (χ1n) is 7.90. The van der Waals surface area contributed by atoms with Crippen molar-refractivity contribution in [2.75, 3.05) is 7.11 Å². The molecule has 2 aliphatic carbocycles. The zero-order valence-electron chi connectivity index (χ0n) is 12.3. The van der Waals surface area contributed by atoms with Gasteiger partial charge >= 0.3 is 0 Å². The Kier molecular flexibility index (Phi) is 4.39. The van der Waals surface area contributed by atoms with Crippen LogP contribution in [0, 0.1) is 5.92 Å². The number of methoxy groups -OCH3 is 1. The molecule has 1 saturated carbocycles. The van der Waals surface area contributed by atoms with Crippen LogP contribution in [0.3, 0.4) is 0 Å². The summed E-state index contributed by atoms with van der Waals surface area (Å²) in [4.78, 5) is 0. The Morgan fingerprint density at radius 3 is 2.80 bits per heavy atom. The first kappa shape index (κ1) is 14.1. The molecule has 0 aromatic heterocycles. The van der Waals surface area contributed by atoms with Crippen LogP contribution in [-0.4, -0.2) is 19.3 Å². The third kappa shape index (κ3) is 2.90. The van der Waals surface area contributed by atoms with Crippen molar-refractivity contribution in [3.05, 3.63) is 35.4 Å². The average Bonchev–Trinajstić information content (AvgIpc) is 3.32. The van der Waals surface area contributed by atoms with Gasteiger partial charge in [0, 0.05) is 13.2 Å². The molecule has 3 N–H and O–H groups in total. The van der Waals surface area contributed by atoms with E-state index < -0.39 is 0 Å². The van der Waals surface area contributed by atoms with E-state index in [2.05, 4.69) is 29.7 Å². The highest BCUT2D eigenvalue weighted by Gasteiger charge is 2.37. The fourth-order valence-electron chi connectivity index (χ4n) is 3.81. The van der Waals surface area contributed by atoms with Gasteiger partial charge in [-0.3, -0.25) is 11.3 Å². The van der Waals surface area contributed by atoms with Crippen LogP contribution >= 0.6 is 0 Å². The monoisotopic (exact) mass is 274 g/mol. The lowest BCUT2D eigenvalue weighted by Gasteiger charge is -2.32. The van der Waals surface area contributed by atoms with Gasteiger partial charge in [0.1, 0.15) is 0 Å². The van der Waals surface area contributed by atoms with E-state index in [1.165, 1.54) is 43.2 Å². The van der Waals surface area contributed by atoms with E-state index in [4.69, 9.17) is 10.6 Å². The van der Waals surface area contributed by atoms with Crippen LogP contribution in [0.1, 0.15) is 49.1 Å². The molecule has 0 aliphatic heterocycles. The summed E-state index contributed by atoms with van der Waals surface area (Å²) in [6.45, 7) is 0. The number of nitrogens with two attached hydrogens (primary N) is 1. The van der Waals surface area contributed by atoms with E-state index in [1.54, 1.807) is 0 Å². The minimum atomic E-state index is 0.267. The average molecular weight is 274 g/mol. The standard InChI is InChI=1S/C17H26N2O/c1-20-17(13-9-10-13)16(19-18)11-14-7-4-6-12-5-2-3-8-15(12)14/h2-3,5,8,13-14,16-17,19H,4,6-7,9-11,18H2,1H3. The molecule has 110 valence electrons. The van der Waals surface area contributed by atoms with Crippen LogP contribution in [0.4, 0.5) is 0 Å². The topological polar surface area (TPSA) is 47.3 Å². The fourth-order valence-corrected chi connectivity index (χ4v) is 3.81. The largest absolute Gasteiger partial charge is 0.379 e. The zero-order valence-corrected chi connectivity index (χ0v) is 12.3. The Hall–Kier alpha value is -0.900. The number of hydrazine groups is 1. The molecule has 1 aromatic rings. The summed E-state index contributed by atoms with van der Waals surface area (Å²) in [5, 5.41) is 0. The molecule has 3 nitrogen and oxygen atoms in total. The van der Waals surface area contributed by atoms with Gasteiger partial charge in [0.05, 0.1) is 6.10 Å². The molecule has 0 amide bonds. The van der Waals surface area contributed by atoms with Gasteiger partial charge in [0.25, 0.3) is 0 Å². The number of hydrogen-bond acceptors (Lipinski definition) is 3. The maximum absolute atomic E-state index is 5.82. The van der Waals surface area contributed by atoms with E-state index >= 15 is 0 Å². The van der Waals surface area contributed by atoms with E-state index in [9.17, 15) is 0 Å². The van der Waals surface area contributed by atoms with Crippen LogP contribution in [0.15, 0.2) is 24.3 Å². The third-order valence-corrected chi connectivity index (χ3v) is 5.00. The fraction of sp³-hybridized carbons (Fsp3) is 0.647. The summed E-state index contributed by atoms with van der Waals surface area (Å²) in [5.41, 5.74) is 6.09. The summed E-state index contributed by atoms with van der Waals surface area (Å²) in [6.07, 6.45) is 7.73. The second-order valence-electron chi connectivity index (χ2n) is 6.33. The summed E-state index contributed by atoms with van der Waals surface area (Å²) in [6, 6.07) is 9.16. The number of ether oxygens (including phenoxy) is 1. The number of hydrogen-bond donors (Lipinski definition) is 2. The van der Waals surface area contributed by atoms with Crippen molar-refractivity contribution < 1.29 is 4.74 Å². The van der Waals surface area contributed by atoms with Crippen molar-refractivity contribution in [1.82, 2.24) is 5.43 Å². The van der Waals surface area contributed by atoms with Gasteiger partial charge in [-0.25, -0.2) is 0 Å². The third-order valence-electron chi connectivity index (χ3n) is 5.00. The van der Waals surface area contributed by atoms with Gasteiger partial charge in [-0.15, -0.1) is 0 Å². The Balaban J connectivity index is 1.73. The predicted octanol–water partition coefficient (Wildman–Crippen LogP) is 2.75. The minimum Gasteiger partial charge on any atom is -0.379 e. The maximum Gasteiger partial charge on any atom is 0.0765 e. The van der Waals surface area contributed by atoms with Crippen LogP contribution in [0.5, 0.6) is 0 Å². The van der Waals surface area contributed by atoms with E-state index in [1.807, 2.05) is 7.11 Å². The first-order valence-corrected chi connectivity index (χ1v) is 7.90. The molecular weight excluding hydrogens is 248 g/mol. The molecule has 1 fully saturated rings. The highest BCUT2D eigenvalue weighted by Crippen LogP contribution is 2.40. The lowest BCUT2D eigenvalue weighted by Crippen LogP contribution is -2.47. The maximum atomic E-state index is 5.82. The molecule has 0 saturated heterocycles. The van der Waals surface area contributed by atoms with Crippen LogP contribution in [-0.2, 0) is 11.2 Å². The normalized spacial score (nSPS) is 25.0. The van der Waals surface area contributed by atoms with Crippen LogP contribution in [0.25, 0.3) is 0 Å². The molecule has 0 heterocycles. The molecule has 3 unspecified atom stereocenters. The number of rotatable bonds is 6. The number of aryl methyl sites for hydroxylation is 1. The number of nitrogens with one attached hydrogen (secondary N) is 1.